The first kappa shape index (κ1) is 13.6. The molecule has 1 N–H and O–H groups in total. The lowest BCUT2D eigenvalue weighted by atomic mass is 10.1. The first-order chi connectivity index (χ1) is 9.65. The molecule has 2 aromatic carbocycles. The molecule has 1 aliphatic rings. The maximum atomic E-state index is 12.6. The predicted octanol–water partition coefficient (Wildman–Crippen LogP) is 3.04. The minimum absolute atomic E-state index is 0.129. The van der Waals surface area contributed by atoms with Gasteiger partial charge in [0.2, 0.25) is 0 Å². The zero-order valence-electron chi connectivity index (χ0n) is 11.4. The second kappa shape index (κ2) is 5.54. The molecule has 0 aliphatic carbocycles. The van der Waals surface area contributed by atoms with Gasteiger partial charge in [0.25, 0.3) is 5.91 Å². The molecule has 0 radical (unpaired) electrons. The molecule has 2 aromatic rings. The Kier molecular flexibility index (Phi) is 3.76. The van der Waals surface area contributed by atoms with Crippen molar-refractivity contribution in [1.82, 2.24) is 10.2 Å². The van der Waals surface area contributed by atoms with E-state index in [0.29, 0.717) is 0 Å². The molecule has 4 heteroatoms. The topological polar surface area (TPSA) is 32.3 Å². The number of nitrogens with zero attached hydrogens (tertiary/aromatic N) is 1. The molecule has 3 rings (SSSR count). The number of fused-ring (bicyclic) bond motifs is 1. The number of piperazine rings is 1. The molecule has 0 bridgehead atoms. The Hall–Kier alpha value is -1.39. The normalized spacial score (nSPS) is 19.3. The van der Waals surface area contributed by atoms with Gasteiger partial charge in [-0.05, 0) is 42.0 Å². The fourth-order valence-corrected chi connectivity index (χ4v) is 3.04. The number of hydrogen-bond donors (Lipinski definition) is 1. The van der Waals surface area contributed by atoms with Crippen molar-refractivity contribution in [2.75, 3.05) is 19.6 Å². The second-order valence-corrected chi connectivity index (χ2v) is 6.17. The molecule has 1 aliphatic heterocycles. The number of carbonyl (C=O) groups is 1. The van der Waals surface area contributed by atoms with Gasteiger partial charge in [0, 0.05) is 35.7 Å². The molecule has 1 fully saturated rings. The number of carbonyl (C=O) groups excluding carboxylic acids is 1. The van der Waals surface area contributed by atoms with Crippen LogP contribution in [-0.4, -0.2) is 36.5 Å². The molecule has 1 saturated heterocycles. The fraction of sp³-hybridized carbons (Fsp3) is 0.312. The van der Waals surface area contributed by atoms with Gasteiger partial charge in [-0.2, -0.15) is 0 Å². The number of amides is 1. The summed E-state index contributed by atoms with van der Waals surface area (Å²) >= 11 is 3.47. The third kappa shape index (κ3) is 2.58. The molecule has 0 aromatic heterocycles. The van der Waals surface area contributed by atoms with E-state index in [2.05, 4.69) is 34.2 Å². The van der Waals surface area contributed by atoms with E-state index in [9.17, 15) is 4.79 Å². The van der Waals surface area contributed by atoms with Crippen LogP contribution in [0.5, 0.6) is 0 Å². The monoisotopic (exact) mass is 332 g/mol. The zero-order valence-corrected chi connectivity index (χ0v) is 13.0. The predicted molar refractivity (Wildman–Crippen MR) is 85.0 cm³/mol. The number of hydrogen-bond acceptors (Lipinski definition) is 2. The quantitative estimate of drug-likeness (QED) is 0.870. The molecule has 20 heavy (non-hydrogen) atoms. The van der Waals surface area contributed by atoms with Crippen LogP contribution in [0.25, 0.3) is 10.8 Å². The summed E-state index contributed by atoms with van der Waals surface area (Å²) in [5.74, 6) is 0.129. The highest BCUT2D eigenvalue weighted by atomic mass is 79.9. The van der Waals surface area contributed by atoms with Gasteiger partial charge in [0.15, 0.2) is 0 Å². The van der Waals surface area contributed by atoms with Gasteiger partial charge in [0.1, 0.15) is 0 Å². The molecule has 0 spiro atoms. The van der Waals surface area contributed by atoms with E-state index in [1.807, 2.05) is 35.2 Å². The summed E-state index contributed by atoms with van der Waals surface area (Å²) in [6.07, 6.45) is 0. The Morgan fingerprint density at radius 1 is 1.25 bits per heavy atom. The average molecular weight is 333 g/mol. The smallest absolute Gasteiger partial charge is 0.254 e. The second-order valence-electron chi connectivity index (χ2n) is 5.26. The summed E-state index contributed by atoms with van der Waals surface area (Å²) in [7, 11) is 0. The molecule has 1 heterocycles. The first-order valence-electron chi connectivity index (χ1n) is 6.86. The molecule has 3 nitrogen and oxygen atoms in total. The van der Waals surface area contributed by atoms with Crippen LogP contribution in [0.2, 0.25) is 0 Å². The van der Waals surface area contributed by atoms with Crippen LogP contribution < -0.4 is 5.32 Å². The van der Waals surface area contributed by atoms with Crippen molar-refractivity contribution in [3.63, 3.8) is 0 Å². The van der Waals surface area contributed by atoms with Crippen LogP contribution in [0.3, 0.4) is 0 Å². The maximum absolute atomic E-state index is 12.6. The van der Waals surface area contributed by atoms with Crippen molar-refractivity contribution < 1.29 is 4.79 Å². The molecule has 0 saturated carbocycles. The van der Waals surface area contributed by atoms with E-state index in [-0.39, 0.29) is 11.9 Å². The largest absolute Gasteiger partial charge is 0.333 e. The van der Waals surface area contributed by atoms with Crippen molar-refractivity contribution in [3.8, 4) is 0 Å². The molecule has 1 atom stereocenters. The van der Waals surface area contributed by atoms with Crippen molar-refractivity contribution in [2.24, 2.45) is 0 Å². The van der Waals surface area contributed by atoms with Gasteiger partial charge < -0.3 is 10.2 Å². The maximum Gasteiger partial charge on any atom is 0.254 e. The fourth-order valence-electron chi connectivity index (χ4n) is 2.66. The Bertz CT molecular complexity index is 656. The molecular formula is C16H17BrN2O. The van der Waals surface area contributed by atoms with Crippen LogP contribution in [0.4, 0.5) is 0 Å². The highest BCUT2D eigenvalue weighted by Crippen LogP contribution is 2.22. The lowest BCUT2D eigenvalue weighted by Crippen LogP contribution is -2.52. The molecule has 104 valence electrons. The lowest BCUT2D eigenvalue weighted by Gasteiger charge is -2.34. The number of benzene rings is 2. The molecule has 0 unspecified atom stereocenters. The van der Waals surface area contributed by atoms with Crippen LogP contribution >= 0.6 is 15.9 Å². The van der Waals surface area contributed by atoms with E-state index in [4.69, 9.17) is 0 Å². The number of halogens is 1. The van der Waals surface area contributed by atoms with Crippen molar-refractivity contribution in [3.05, 3.63) is 46.4 Å². The van der Waals surface area contributed by atoms with Gasteiger partial charge >= 0.3 is 0 Å². The summed E-state index contributed by atoms with van der Waals surface area (Å²) in [4.78, 5) is 14.6. The highest BCUT2D eigenvalue weighted by molar-refractivity contribution is 9.10. The minimum Gasteiger partial charge on any atom is -0.333 e. The van der Waals surface area contributed by atoms with E-state index < -0.39 is 0 Å². The lowest BCUT2D eigenvalue weighted by molar-refractivity contribution is 0.0656. The Balaban J connectivity index is 1.93. The summed E-state index contributed by atoms with van der Waals surface area (Å²) in [5, 5.41) is 5.55. The summed E-state index contributed by atoms with van der Waals surface area (Å²) in [5.41, 5.74) is 0.772. The van der Waals surface area contributed by atoms with Crippen LogP contribution in [0, 0.1) is 0 Å². The number of nitrogens with one attached hydrogen (secondary N) is 1. The van der Waals surface area contributed by atoms with E-state index in [0.717, 1.165) is 40.4 Å². The SMILES string of the molecule is C[C@H]1CNCCN1C(=O)c1ccc2cc(Br)ccc2c1. The summed E-state index contributed by atoms with van der Waals surface area (Å²) in [6.45, 7) is 4.60. The number of rotatable bonds is 1. The van der Waals surface area contributed by atoms with Crippen molar-refractivity contribution >= 4 is 32.6 Å². The van der Waals surface area contributed by atoms with Gasteiger partial charge in [-0.3, -0.25) is 4.79 Å². The van der Waals surface area contributed by atoms with E-state index >= 15 is 0 Å². The van der Waals surface area contributed by atoms with Gasteiger partial charge in [-0.25, -0.2) is 0 Å². The summed E-state index contributed by atoms with van der Waals surface area (Å²) < 4.78 is 1.06. The minimum atomic E-state index is 0.129. The Morgan fingerprint density at radius 3 is 2.80 bits per heavy atom. The van der Waals surface area contributed by atoms with Crippen LogP contribution in [0.1, 0.15) is 17.3 Å². The third-order valence-corrected chi connectivity index (χ3v) is 4.30. The van der Waals surface area contributed by atoms with Crippen molar-refractivity contribution in [1.29, 1.82) is 0 Å². The van der Waals surface area contributed by atoms with Gasteiger partial charge in [-0.15, -0.1) is 0 Å². The Morgan fingerprint density at radius 2 is 2.00 bits per heavy atom. The van der Waals surface area contributed by atoms with E-state index in [1.54, 1.807) is 0 Å². The summed E-state index contributed by atoms with van der Waals surface area (Å²) in [6, 6.07) is 12.3. The molecular weight excluding hydrogens is 316 g/mol. The zero-order chi connectivity index (χ0) is 14.1. The molecule has 1 amide bonds. The first-order valence-corrected chi connectivity index (χ1v) is 7.65. The van der Waals surface area contributed by atoms with Gasteiger partial charge in [0.05, 0.1) is 0 Å². The van der Waals surface area contributed by atoms with Crippen LogP contribution in [0.15, 0.2) is 40.9 Å². The average Bonchev–Trinajstić information content (AvgIpc) is 2.46. The van der Waals surface area contributed by atoms with Crippen LogP contribution in [-0.2, 0) is 0 Å². The van der Waals surface area contributed by atoms with Gasteiger partial charge in [-0.1, -0.05) is 28.1 Å². The highest BCUT2D eigenvalue weighted by Gasteiger charge is 2.23. The van der Waals surface area contributed by atoms with E-state index in [1.165, 1.54) is 0 Å². The standard InChI is InChI=1S/C16H17BrN2O/c1-11-10-18-6-7-19(11)16(20)14-3-2-13-9-15(17)5-4-12(13)8-14/h2-5,8-9,11,18H,6-7,10H2,1H3/t11-/m0/s1. The Labute approximate surface area is 127 Å². The third-order valence-electron chi connectivity index (χ3n) is 3.81. The van der Waals surface area contributed by atoms with Crippen molar-refractivity contribution in [2.45, 2.75) is 13.0 Å².